The van der Waals surface area contributed by atoms with Gasteiger partial charge < -0.3 is 9.84 Å². The van der Waals surface area contributed by atoms with Gasteiger partial charge in [-0.2, -0.15) is 0 Å². The van der Waals surface area contributed by atoms with Crippen LogP contribution >= 0.6 is 11.6 Å². The molecule has 0 aromatic heterocycles. The molecule has 0 atom stereocenters. The molecule has 0 amide bonds. The number of nitrogens with zero attached hydrogens (tertiary/aromatic N) is 1. The number of nitro groups is 1. The first-order chi connectivity index (χ1) is 10.0. The predicted octanol–water partition coefficient (Wildman–Crippen LogP) is 3.71. The Morgan fingerprint density at radius 3 is 2.67 bits per heavy atom. The second kappa shape index (κ2) is 6.51. The zero-order chi connectivity index (χ0) is 15.4. The van der Waals surface area contributed by atoms with Crippen LogP contribution < -0.4 is 4.74 Å². The van der Waals surface area contributed by atoms with E-state index in [4.69, 9.17) is 21.4 Å². The molecule has 0 unspecified atom stereocenters. The van der Waals surface area contributed by atoms with Crippen molar-refractivity contribution in [3.05, 3.63) is 62.9 Å². The van der Waals surface area contributed by atoms with Gasteiger partial charge in [-0.15, -0.1) is 0 Å². The van der Waals surface area contributed by atoms with Crippen molar-refractivity contribution in [3.8, 4) is 11.5 Å². The second-order valence-electron chi connectivity index (χ2n) is 4.17. The van der Waals surface area contributed by atoms with E-state index in [0.29, 0.717) is 23.8 Å². The Kier molecular flexibility index (Phi) is 4.72. The van der Waals surface area contributed by atoms with Crippen molar-refractivity contribution >= 4 is 17.3 Å². The highest BCUT2D eigenvalue weighted by Crippen LogP contribution is 2.36. The molecular formula is C14H11ClFNO4. The molecule has 0 aliphatic rings. The summed E-state index contributed by atoms with van der Waals surface area (Å²) in [6, 6.07) is 8.54. The van der Waals surface area contributed by atoms with Gasteiger partial charge in [-0.3, -0.25) is 10.1 Å². The second-order valence-corrected chi connectivity index (χ2v) is 4.58. The van der Waals surface area contributed by atoms with Gasteiger partial charge in [-0.05, 0) is 18.1 Å². The Labute approximate surface area is 124 Å². The van der Waals surface area contributed by atoms with Crippen LogP contribution in [0.3, 0.4) is 0 Å². The molecular weight excluding hydrogens is 301 g/mol. The Hall–Kier alpha value is -2.18. The molecule has 7 heteroatoms. The number of aliphatic hydroxyl groups is 1. The third kappa shape index (κ3) is 3.48. The summed E-state index contributed by atoms with van der Waals surface area (Å²) in [5.74, 6) is -0.700. The molecule has 5 nitrogen and oxygen atoms in total. The summed E-state index contributed by atoms with van der Waals surface area (Å²) >= 11 is 5.64. The fourth-order valence-corrected chi connectivity index (χ4v) is 1.95. The number of nitro benzene ring substituents is 1. The monoisotopic (exact) mass is 311 g/mol. The average Bonchev–Trinajstić information content (AvgIpc) is 2.44. The van der Waals surface area contributed by atoms with Crippen molar-refractivity contribution < 1.29 is 19.2 Å². The van der Waals surface area contributed by atoms with Crippen LogP contribution in [0.15, 0.2) is 36.4 Å². The first-order valence-electron chi connectivity index (χ1n) is 6.03. The van der Waals surface area contributed by atoms with E-state index in [9.17, 15) is 14.5 Å². The van der Waals surface area contributed by atoms with Crippen molar-refractivity contribution in [3.63, 3.8) is 0 Å². The maximum absolute atomic E-state index is 13.3. The van der Waals surface area contributed by atoms with E-state index in [0.717, 1.165) is 6.07 Å². The number of halogens is 2. The lowest BCUT2D eigenvalue weighted by atomic mass is 10.1. The highest BCUT2D eigenvalue weighted by Gasteiger charge is 2.20. The number of hydrogen-bond donors (Lipinski definition) is 1. The summed E-state index contributed by atoms with van der Waals surface area (Å²) in [6.45, 7) is -0.0906. The van der Waals surface area contributed by atoms with Gasteiger partial charge in [-0.1, -0.05) is 29.8 Å². The number of rotatable bonds is 5. The molecule has 0 aliphatic carbocycles. The van der Waals surface area contributed by atoms with Gasteiger partial charge in [0.05, 0.1) is 16.0 Å². The smallest absolute Gasteiger partial charge is 0.314 e. The standard InChI is InChI=1S/C14H11ClFNO4/c15-10-7-14(12(17(19)20)8-11(10)16)21-13-4-2-1-3-9(13)5-6-18/h1-4,7-8,18H,5-6H2. The fraction of sp³-hybridized carbons (Fsp3) is 0.143. The Morgan fingerprint density at radius 1 is 1.29 bits per heavy atom. The van der Waals surface area contributed by atoms with Crippen LogP contribution in [0.1, 0.15) is 5.56 Å². The van der Waals surface area contributed by atoms with Crippen LogP contribution in [0, 0.1) is 15.9 Å². The van der Waals surface area contributed by atoms with Gasteiger partial charge >= 0.3 is 5.69 Å². The zero-order valence-corrected chi connectivity index (χ0v) is 11.5. The van der Waals surface area contributed by atoms with Gasteiger partial charge in [0.1, 0.15) is 11.6 Å². The van der Waals surface area contributed by atoms with Crippen molar-refractivity contribution in [1.82, 2.24) is 0 Å². The molecule has 0 bridgehead atoms. The molecule has 0 radical (unpaired) electrons. The lowest BCUT2D eigenvalue weighted by Gasteiger charge is -2.11. The van der Waals surface area contributed by atoms with E-state index in [1.165, 1.54) is 0 Å². The quantitative estimate of drug-likeness (QED) is 0.674. The maximum atomic E-state index is 13.3. The van der Waals surface area contributed by atoms with Crippen molar-refractivity contribution in [1.29, 1.82) is 0 Å². The zero-order valence-electron chi connectivity index (χ0n) is 10.8. The maximum Gasteiger partial charge on any atom is 0.314 e. The van der Waals surface area contributed by atoms with Gasteiger partial charge in [-0.25, -0.2) is 4.39 Å². The van der Waals surface area contributed by atoms with Gasteiger partial charge in [0, 0.05) is 12.7 Å². The van der Waals surface area contributed by atoms with Crippen LogP contribution in [0.25, 0.3) is 0 Å². The molecule has 0 saturated carbocycles. The topological polar surface area (TPSA) is 72.6 Å². The molecule has 110 valence electrons. The lowest BCUT2D eigenvalue weighted by molar-refractivity contribution is -0.385. The normalized spacial score (nSPS) is 10.4. The number of aliphatic hydroxyl groups excluding tert-OH is 1. The number of para-hydroxylation sites is 1. The van der Waals surface area contributed by atoms with Gasteiger partial charge in [0.15, 0.2) is 0 Å². The largest absolute Gasteiger partial charge is 0.450 e. The summed E-state index contributed by atoms with van der Waals surface area (Å²) in [6.07, 6.45) is 0.332. The van der Waals surface area contributed by atoms with E-state index < -0.39 is 16.4 Å². The summed E-state index contributed by atoms with van der Waals surface area (Å²) in [5.41, 5.74) is 0.158. The average molecular weight is 312 g/mol. The first-order valence-corrected chi connectivity index (χ1v) is 6.40. The van der Waals surface area contributed by atoms with E-state index in [-0.39, 0.29) is 17.4 Å². The first kappa shape index (κ1) is 15.2. The van der Waals surface area contributed by atoms with Crippen molar-refractivity contribution in [2.45, 2.75) is 6.42 Å². The number of benzene rings is 2. The van der Waals surface area contributed by atoms with Crippen LogP contribution in [0.4, 0.5) is 10.1 Å². The highest BCUT2D eigenvalue weighted by atomic mass is 35.5. The lowest BCUT2D eigenvalue weighted by Crippen LogP contribution is -1.98. The molecule has 21 heavy (non-hydrogen) atoms. The molecule has 0 aliphatic heterocycles. The third-order valence-corrected chi connectivity index (χ3v) is 3.06. The van der Waals surface area contributed by atoms with Crippen LogP contribution in [0.5, 0.6) is 11.5 Å². The number of hydrogen-bond acceptors (Lipinski definition) is 4. The van der Waals surface area contributed by atoms with Gasteiger partial charge in [0.2, 0.25) is 5.75 Å². The molecule has 2 aromatic rings. The van der Waals surface area contributed by atoms with Crippen molar-refractivity contribution in [2.75, 3.05) is 6.61 Å². The molecule has 0 saturated heterocycles. The summed E-state index contributed by atoms with van der Waals surface area (Å²) in [5, 5.41) is 19.7. The Morgan fingerprint density at radius 2 is 2.00 bits per heavy atom. The summed E-state index contributed by atoms with van der Waals surface area (Å²) in [4.78, 5) is 10.2. The van der Waals surface area contributed by atoms with E-state index in [1.54, 1.807) is 24.3 Å². The molecule has 0 heterocycles. The highest BCUT2D eigenvalue weighted by molar-refractivity contribution is 6.31. The molecule has 0 spiro atoms. The summed E-state index contributed by atoms with van der Waals surface area (Å²) < 4.78 is 18.8. The minimum absolute atomic E-state index is 0.0906. The van der Waals surface area contributed by atoms with E-state index in [2.05, 4.69) is 0 Å². The third-order valence-electron chi connectivity index (χ3n) is 2.77. The Balaban J connectivity index is 2.44. The minimum Gasteiger partial charge on any atom is -0.450 e. The van der Waals surface area contributed by atoms with Gasteiger partial charge in [0.25, 0.3) is 0 Å². The summed E-state index contributed by atoms with van der Waals surface area (Å²) in [7, 11) is 0. The fourth-order valence-electron chi connectivity index (χ4n) is 1.79. The van der Waals surface area contributed by atoms with E-state index >= 15 is 0 Å². The van der Waals surface area contributed by atoms with Crippen LogP contribution in [-0.4, -0.2) is 16.6 Å². The molecule has 2 aromatic carbocycles. The van der Waals surface area contributed by atoms with Crippen LogP contribution in [-0.2, 0) is 6.42 Å². The Bertz CT molecular complexity index is 678. The van der Waals surface area contributed by atoms with E-state index in [1.807, 2.05) is 0 Å². The minimum atomic E-state index is -0.889. The molecule has 1 N–H and O–H groups in total. The number of ether oxygens (including phenoxy) is 1. The predicted molar refractivity (Wildman–Crippen MR) is 75.4 cm³/mol. The molecule has 2 rings (SSSR count). The molecule has 0 fully saturated rings. The van der Waals surface area contributed by atoms with Crippen molar-refractivity contribution in [2.24, 2.45) is 0 Å². The SMILES string of the molecule is O=[N+]([O-])c1cc(F)c(Cl)cc1Oc1ccccc1CCO. The van der Waals surface area contributed by atoms with Crippen LogP contribution in [0.2, 0.25) is 5.02 Å².